The van der Waals surface area contributed by atoms with Crippen LogP contribution in [0.2, 0.25) is 0 Å². The number of nitrogens with zero attached hydrogens (tertiary/aromatic N) is 2. The fraction of sp³-hybridized carbons (Fsp3) is 0.667. The first kappa shape index (κ1) is 15.9. The first-order valence-corrected chi connectivity index (χ1v) is 8.28. The van der Waals surface area contributed by atoms with Crippen molar-refractivity contribution in [2.75, 3.05) is 6.54 Å². The van der Waals surface area contributed by atoms with Crippen molar-refractivity contribution in [3.8, 4) is 0 Å². The first-order chi connectivity index (χ1) is 9.97. The zero-order valence-electron chi connectivity index (χ0n) is 12.5. The van der Waals surface area contributed by atoms with Gasteiger partial charge in [-0.25, -0.2) is 4.98 Å². The van der Waals surface area contributed by atoms with Gasteiger partial charge in [0.15, 0.2) is 0 Å². The van der Waals surface area contributed by atoms with Gasteiger partial charge in [0.2, 0.25) is 5.91 Å². The highest BCUT2D eigenvalue weighted by molar-refractivity contribution is 7.09. The highest BCUT2D eigenvalue weighted by Crippen LogP contribution is 2.28. The second kappa shape index (κ2) is 7.02. The van der Waals surface area contributed by atoms with E-state index in [9.17, 15) is 9.59 Å². The first-order valence-electron chi connectivity index (χ1n) is 7.40. The quantitative estimate of drug-likeness (QED) is 0.801. The smallest absolute Gasteiger partial charge is 0.308 e. The summed E-state index contributed by atoms with van der Waals surface area (Å²) in [6.45, 7) is 3.96. The number of carboxylic acid groups (broad SMARTS) is 1. The van der Waals surface area contributed by atoms with E-state index in [-0.39, 0.29) is 11.9 Å². The molecule has 116 valence electrons. The van der Waals surface area contributed by atoms with Crippen molar-refractivity contribution in [1.82, 2.24) is 9.88 Å². The van der Waals surface area contributed by atoms with Gasteiger partial charge in [-0.2, -0.15) is 0 Å². The van der Waals surface area contributed by atoms with E-state index in [0.29, 0.717) is 13.0 Å². The lowest BCUT2D eigenvalue weighted by Crippen LogP contribution is -2.38. The third kappa shape index (κ3) is 4.81. The molecule has 1 atom stereocenters. The molecular weight excluding hydrogens is 288 g/mol. The lowest BCUT2D eigenvalue weighted by atomic mass is 10.1. The molecule has 2 rings (SSSR count). The zero-order valence-corrected chi connectivity index (χ0v) is 13.4. The Bertz CT molecular complexity index is 511. The third-order valence-electron chi connectivity index (χ3n) is 3.69. The Hall–Kier alpha value is -1.43. The summed E-state index contributed by atoms with van der Waals surface area (Å²) in [4.78, 5) is 29.4. The number of aliphatic carboxylic acids is 1. The molecule has 1 heterocycles. The average Bonchev–Trinajstić information content (AvgIpc) is 3.18. The Kier molecular flexibility index (Phi) is 5.33. The van der Waals surface area contributed by atoms with Crippen molar-refractivity contribution < 1.29 is 14.7 Å². The molecule has 5 nitrogen and oxygen atoms in total. The fourth-order valence-corrected chi connectivity index (χ4v) is 2.95. The second-order valence-electron chi connectivity index (χ2n) is 5.73. The van der Waals surface area contributed by atoms with Gasteiger partial charge in [0.05, 0.1) is 16.6 Å². The maximum Gasteiger partial charge on any atom is 0.308 e. The summed E-state index contributed by atoms with van der Waals surface area (Å²) in [6, 6.07) is 0.265. The van der Waals surface area contributed by atoms with Gasteiger partial charge in [-0.3, -0.25) is 9.59 Å². The zero-order chi connectivity index (χ0) is 15.4. The average molecular weight is 310 g/mol. The van der Waals surface area contributed by atoms with E-state index in [1.165, 1.54) is 0 Å². The largest absolute Gasteiger partial charge is 0.481 e. The summed E-state index contributed by atoms with van der Waals surface area (Å²) in [6.07, 6.45) is 4.06. The van der Waals surface area contributed by atoms with Crippen LogP contribution in [-0.2, 0) is 16.0 Å². The second-order valence-corrected chi connectivity index (χ2v) is 6.79. The topological polar surface area (TPSA) is 70.5 Å². The number of amides is 1. The number of hydrogen-bond donors (Lipinski definition) is 1. The minimum absolute atomic E-state index is 0.0811. The molecular formula is C15H22N2O3S. The molecule has 0 saturated heterocycles. The Morgan fingerprint density at radius 1 is 1.52 bits per heavy atom. The van der Waals surface area contributed by atoms with E-state index in [4.69, 9.17) is 5.11 Å². The molecule has 0 radical (unpaired) electrons. The minimum Gasteiger partial charge on any atom is -0.481 e. The summed E-state index contributed by atoms with van der Waals surface area (Å²) >= 11 is 1.62. The molecule has 1 amide bonds. The van der Waals surface area contributed by atoms with Crippen molar-refractivity contribution in [3.05, 3.63) is 16.1 Å². The van der Waals surface area contributed by atoms with Crippen LogP contribution in [0.3, 0.4) is 0 Å². The number of carbonyl (C=O) groups is 2. The van der Waals surface area contributed by atoms with Crippen molar-refractivity contribution in [2.45, 2.75) is 52.0 Å². The molecule has 0 bridgehead atoms. The maximum atomic E-state index is 12.3. The van der Waals surface area contributed by atoms with Crippen LogP contribution >= 0.6 is 11.3 Å². The van der Waals surface area contributed by atoms with Crippen molar-refractivity contribution in [1.29, 1.82) is 0 Å². The van der Waals surface area contributed by atoms with Crippen LogP contribution in [0.25, 0.3) is 0 Å². The molecule has 1 N–H and O–H groups in total. The summed E-state index contributed by atoms with van der Waals surface area (Å²) in [7, 11) is 0. The standard InChI is InChI=1S/C15H22N2O3S/c1-10(15(19)20)8-17(13-6-7-13)14(18)5-3-4-12-9-21-11(2)16-12/h9-10,13H,3-8H2,1-2H3,(H,19,20). The Morgan fingerprint density at radius 2 is 2.24 bits per heavy atom. The SMILES string of the molecule is Cc1nc(CCCC(=O)N(CC(C)C(=O)O)C2CC2)cs1. The molecule has 0 spiro atoms. The lowest BCUT2D eigenvalue weighted by molar-refractivity contribution is -0.143. The molecule has 1 fully saturated rings. The minimum atomic E-state index is -0.841. The van der Waals surface area contributed by atoms with Crippen LogP contribution in [0.15, 0.2) is 5.38 Å². The fourth-order valence-electron chi connectivity index (χ4n) is 2.30. The van der Waals surface area contributed by atoms with Crippen LogP contribution in [0.4, 0.5) is 0 Å². The van der Waals surface area contributed by atoms with Crippen molar-refractivity contribution in [3.63, 3.8) is 0 Å². The number of carboxylic acids is 1. The normalized spacial score (nSPS) is 15.7. The van der Waals surface area contributed by atoms with E-state index in [2.05, 4.69) is 4.98 Å². The van der Waals surface area contributed by atoms with Gasteiger partial charge in [-0.05, 0) is 32.6 Å². The van der Waals surface area contributed by atoms with E-state index >= 15 is 0 Å². The number of aryl methyl sites for hydroxylation is 2. The maximum absolute atomic E-state index is 12.3. The molecule has 0 aromatic carbocycles. The van der Waals surface area contributed by atoms with E-state index in [1.54, 1.807) is 23.2 Å². The summed E-state index contributed by atoms with van der Waals surface area (Å²) in [5.74, 6) is -1.26. The molecule has 1 aliphatic rings. The Balaban J connectivity index is 1.80. The van der Waals surface area contributed by atoms with Gasteiger partial charge in [0, 0.05) is 24.4 Å². The predicted octanol–water partition coefficient (Wildman–Crippen LogP) is 2.49. The van der Waals surface area contributed by atoms with Crippen LogP contribution in [-0.4, -0.2) is 39.5 Å². The van der Waals surface area contributed by atoms with Crippen LogP contribution in [0.1, 0.15) is 43.3 Å². The highest BCUT2D eigenvalue weighted by atomic mass is 32.1. The van der Waals surface area contributed by atoms with Gasteiger partial charge in [-0.1, -0.05) is 6.92 Å². The number of thiazole rings is 1. The molecule has 1 aromatic rings. The number of hydrogen-bond acceptors (Lipinski definition) is 4. The van der Waals surface area contributed by atoms with Gasteiger partial charge in [0.25, 0.3) is 0 Å². The van der Waals surface area contributed by atoms with E-state index in [1.807, 2.05) is 12.3 Å². The van der Waals surface area contributed by atoms with E-state index in [0.717, 1.165) is 36.4 Å². The highest BCUT2D eigenvalue weighted by Gasteiger charge is 2.33. The molecule has 1 unspecified atom stereocenters. The van der Waals surface area contributed by atoms with Crippen LogP contribution in [0, 0.1) is 12.8 Å². The molecule has 0 aliphatic heterocycles. The molecule has 6 heteroatoms. The van der Waals surface area contributed by atoms with Crippen molar-refractivity contribution >= 4 is 23.2 Å². The predicted molar refractivity (Wildman–Crippen MR) is 81.3 cm³/mol. The number of carbonyl (C=O) groups excluding carboxylic acids is 1. The van der Waals surface area contributed by atoms with Crippen LogP contribution < -0.4 is 0 Å². The molecule has 1 saturated carbocycles. The summed E-state index contributed by atoms with van der Waals surface area (Å²) in [5.41, 5.74) is 1.04. The monoisotopic (exact) mass is 310 g/mol. The molecule has 21 heavy (non-hydrogen) atoms. The summed E-state index contributed by atoms with van der Waals surface area (Å²) in [5, 5.41) is 12.1. The molecule has 1 aliphatic carbocycles. The van der Waals surface area contributed by atoms with Gasteiger partial charge in [0.1, 0.15) is 0 Å². The van der Waals surface area contributed by atoms with Gasteiger partial charge < -0.3 is 10.0 Å². The summed E-state index contributed by atoms with van der Waals surface area (Å²) < 4.78 is 0. The van der Waals surface area contributed by atoms with Gasteiger partial charge in [-0.15, -0.1) is 11.3 Å². The molecule has 1 aromatic heterocycles. The van der Waals surface area contributed by atoms with Crippen LogP contribution in [0.5, 0.6) is 0 Å². The Labute approximate surface area is 129 Å². The van der Waals surface area contributed by atoms with Crippen molar-refractivity contribution in [2.24, 2.45) is 5.92 Å². The lowest BCUT2D eigenvalue weighted by Gasteiger charge is -2.24. The number of aromatic nitrogens is 1. The number of rotatable bonds is 8. The Morgan fingerprint density at radius 3 is 2.76 bits per heavy atom. The van der Waals surface area contributed by atoms with Gasteiger partial charge >= 0.3 is 5.97 Å². The third-order valence-corrected chi connectivity index (χ3v) is 4.51. The van der Waals surface area contributed by atoms with E-state index < -0.39 is 11.9 Å².